The molecule has 0 bridgehead atoms. The minimum Gasteiger partial charge on any atom is -0.496 e. The van der Waals surface area contributed by atoms with Gasteiger partial charge < -0.3 is 24.1 Å². The van der Waals surface area contributed by atoms with Crippen molar-refractivity contribution in [3.05, 3.63) is 70.9 Å². The van der Waals surface area contributed by atoms with E-state index in [4.69, 9.17) is 14.2 Å². The Morgan fingerprint density at radius 3 is 2.42 bits per heavy atom. The molecule has 0 atom stereocenters. The van der Waals surface area contributed by atoms with Crippen molar-refractivity contribution in [2.75, 3.05) is 20.8 Å². The van der Waals surface area contributed by atoms with Gasteiger partial charge >= 0.3 is 11.9 Å². The Hall–Kier alpha value is -4.07. The highest BCUT2D eigenvalue weighted by atomic mass is 16.6. The molecule has 1 saturated carbocycles. The molecular formula is C32H38N2O6. The van der Waals surface area contributed by atoms with Crippen LogP contribution in [0.3, 0.4) is 0 Å². The van der Waals surface area contributed by atoms with Gasteiger partial charge in [0.1, 0.15) is 11.4 Å². The maximum Gasteiger partial charge on any atom is 0.338 e. The fraction of sp³-hybridized carbons (Fsp3) is 0.406. The molecule has 212 valence electrons. The Kier molecular flexibility index (Phi) is 8.97. The standard InChI is InChI=1S/C32H38N2O6/c1-32(2,3)40-31(37)23-10-11-25(28(17-23)38-4)20-34-19-24(13-15-29(35)39-5)26-14-12-22(16-27(26)34)30(36)33-18-21-8-6-7-9-21/h10-17,19,21H,6-9,18,20H2,1-5H3,(H,33,36)/b15-13+. The molecule has 0 aliphatic heterocycles. The second-order valence-electron chi connectivity index (χ2n) is 11.2. The average molecular weight is 547 g/mol. The molecule has 8 heteroatoms. The first-order valence-corrected chi connectivity index (χ1v) is 13.7. The van der Waals surface area contributed by atoms with Crippen LogP contribution in [0.4, 0.5) is 0 Å². The van der Waals surface area contributed by atoms with E-state index in [1.165, 1.54) is 26.0 Å². The quantitative estimate of drug-likeness (QED) is 0.271. The molecule has 1 aliphatic carbocycles. The molecule has 8 nitrogen and oxygen atoms in total. The van der Waals surface area contributed by atoms with Crippen LogP contribution in [0.2, 0.25) is 0 Å². The molecule has 1 heterocycles. The number of aromatic nitrogens is 1. The van der Waals surface area contributed by atoms with Gasteiger partial charge in [0, 0.05) is 46.4 Å². The number of nitrogens with one attached hydrogen (secondary N) is 1. The van der Waals surface area contributed by atoms with Gasteiger partial charge in [-0.3, -0.25) is 4.79 Å². The van der Waals surface area contributed by atoms with E-state index in [-0.39, 0.29) is 5.91 Å². The van der Waals surface area contributed by atoms with E-state index in [1.807, 2.05) is 55.8 Å². The number of nitrogens with zero attached hydrogens (tertiary/aromatic N) is 1. The third-order valence-electron chi connectivity index (χ3n) is 7.06. The van der Waals surface area contributed by atoms with Crippen molar-refractivity contribution in [3.8, 4) is 5.75 Å². The fourth-order valence-electron chi connectivity index (χ4n) is 5.03. The third-order valence-corrected chi connectivity index (χ3v) is 7.06. The number of rotatable bonds is 9. The van der Waals surface area contributed by atoms with Gasteiger partial charge in [-0.25, -0.2) is 9.59 Å². The summed E-state index contributed by atoms with van der Waals surface area (Å²) in [6, 6.07) is 10.8. The van der Waals surface area contributed by atoms with Crippen LogP contribution in [0.25, 0.3) is 17.0 Å². The van der Waals surface area contributed by atoms with Crippen LogP contribution in [0, 0.1) is 5.92 Å². The van der Waals surface area contributed by atoms with Crippen LogP contribution in [-0.2, 0) is 20.8 Å². The number of methoxy groups -OCH3 is 2. The Balaban J connectivity index is 1.66. The first-order valence-electron chi connectivity index (χ1n) is 13.7. The highest BCUT2D eigenvalue weighted by Crippen LogP contribution is 2.29. The van der Waals surface area contributed by atoms with Gasteiger partial charge in [-0.05, 0) is 69.9 Å². The predicted octanol–water partition coefficient (Wildman–Crippen LogP) is 5.76. The van der Waals surface area contributed by atoms with Crippen molar-refractivity contribution in [1.29, 1.82) is 0 Å². The fourth-order valence-corrected chi connectivity index (χ4v) is 5.03. The van der Waals surface area contributed by atoms with Crippen LogP contribution < -0.4 is 10.1 Å². The van der Waals surface area contributed by atoms with Gasteiger partial charge in [-0.2, -0.15) is 0 Å². The predicted molar refractivity (Wildman–Crippen MR) is 155 cm³/mol. The third kappa shape index (κ3) is 7.11. The lowest BCUT2D eigenvalue weighted by atomic mass is 10.1. The number of fused-ring (bicyclic) bond motifs is 1. The van der Waals surface area contributed by atoms with E-state index < -0.39 is 17.5 Å². The summed E-state index contributed by atoms with van der Waals surface area (Å²) >= 11 is 0. The summed E-state index contributed by atoms with van der Waals surface area (Å²) in [6.07, 6.45) is 9.77. The maximum absolute atomic E-state index is 13.0. The molecule has 1 fully saturated rings. The van der Waals surface area contributed by atoms with Gasteiger partial charge in [0.05, 0.1) is 26.3 Å². The summed E-state index contributed by atoms with van der Waals surface area (Å²) < 4.78 is 17.9. The van der Waals surface area contributed by atoms with Crippen molar-refractivity contribution in [1.82, 2.24) is 9.88 Å². The number of amides is 1. The molecule has 1 N–H and O–H groups in total. The van der Waals surface area contributed by atoms with Gasteiger partial charge in [0.25, 0.3) is 5.91 Å². The molecule has 0 spiro atoms. The van der Waals surface area contributed by atoms with Crippen LogP contribution in [0.15, 0.2) is 48.7 Å². The number of carbonyl (C=O) groups excluding carboxylic acids is 3. The Morgan fingerprint density at radius 1 is 1.02 bits per heavy atom. The van der Waals surface area contributed by atoms with Crippen LogP contribution >= 0.6 is 0 Å². The summed E-state index contributed by atoms with van der Waals surface area (Å²) in [5.41, 5.74) is 2.84. The van der Waals surface area contributed by atoms with Gasteiger partial charge in [-0.1, -0.05) is 25.0 Å². The number of carbonyl (C=O) groups is 3. The molecule has 2 aromatic carbocycles. The molecule has 40 heavy (non-hydrogen) atoms. The highest BCUT2D eigenvalue weighted by Gasteiger charge is 2.20. The summed E-state index contributed by atoms with van der Waals surface area (Å²) in [4.78, 5) is 37.4. The van der Waals surface area contributed by atoms with Gasteiger partial charge in [-0.15, -0.1) is 0 Å². The smallest absolute Gasteiger partial charge is 0.338 e. The van der Waals surface area contributed by atoms with E-state index in [2.05, 4.69) is 5.32 Å². The summed E-state index contributed by atoms with van der Waals surface area (Å²) in [6.45, 7) is 6.56. The summed E-state index contributed by atoms with van der Waals surface area (Å²) in [5, 5.41) is 3.98. The first-order chi connectivity index (χ1) is 19.1. The van der Waals surface area contributed by atoms with Crippen LogP contribution in [-0.4, -0.2) is 48.8 Å². The lowest BCUT2D eigenvalue weighted by Gasteiger charge is -2.20. The normalized spacial score (nSPS) is 14.0. The van der Waals surface area contributed by atoms with Crippen molar-refractivity contribution >= 4 is 34.8 Å². The zero-order valence-electron chi connectivity index (χ0n) is 23.9. The summed E-state index contributed by atoms with van der Waals surface area (Å²) in [7, 11) is 2.89. The number of hydrogen-bond acceptors (Lipinski definition) is 6. The van der Waals surface area contributed by atoms with Crippen LogP contribution in [0.5, 0.6) is 5.75 Å². The van der Waals surface area contributed by atoms with Crippen molar-refractivity contribution in [2.45, 2.75) is 58.6 Å². The van der Waals surface area contributed by atoms with E-state index in [0.29, 0.717) is 35.9 Å². The molecule has 1 aliphatic rings. The Bertz CT molecular complexity index is 1420. The molecule has 0 radical (unpaired) electrons. The van der Waals surface area contributed by atoms with Crippen molar-refractivity contribution in [3.63, 3.8) is 0 Å². The first kappa shape index (κ1) is 28.9. The second kappa shape index (κ2) is 12.4. The molecule has 0 saturated heterocycles. The van der Waals surface area contributed by atoms with E-state index in [0.717, 1.165) is 34.9 Å². The van der Waals surface area contributed by atoms with Crippen LogP contribution in [0.1, 0.15) is 78.3 Å². The lowest BCUT2D eigenvalue weighted by molar-refractivity contribution is -0.134. The highest BCUT2D eigenvalue weighted by molar-refractivity contribution is 6.00. The topological polar surface area (TPSA) is 95.9 Å². The Morgan fingerprint density at radius 2 is 1.75 bits per heavy atom. The molecular weight excluding hydrogens is 508 g/mol. The number of benzene rings is 2. The molecule has 3 aromatic rings. The Labute approximate surface area is 235 Å². The lowest BCUT2D eigenvalue weighted by Crippen LogP contribution is -2.28. The zero-order valence-corrected chi connectivity index (χ0v) is 23.9. The molecule has 1 aromatic heterocycles. The maximum atomic E-state index is 13.0. The van der Waals surface area contributed by atoms with E-state index in [9.17, 15) is 14.4 Å². The molecule has 4 rings (SSSR count). The van der Waals surface area contributed by atoms with Gasteiger partial charge in [0.15, 0.2) is 0 Å². The monoisotopic (exact) mass is 546 g/mol. The van der Waals surface area contributed by atoms with Gasteiger partial charge in [0.2, 0.25) is 0 Å². The van der Waals surface area contributed by atoms with E-state index >= 15 is 0 Å². The SMILES string of the molecule is COC(=O)/C=C/c1cn(Cc2ccc(C(=O)OC(C)(C)C)cc2OC)c2cc(C(=O)NCC3CCCC3)ccc12. The molecule has 1 amide bonds. The minimum atomic E-state index is -0.609. The largest absolute Gasteiger partial charge is 0.496 e. The zero-order chi connectivity index (χ0) is 28.9. The number of ether oxygens (including phenoxy) is 3. The van der Waals surface area contributed by atoms with Crippen molar-refractivity contribution < 1.29 is 28.6 Å². The number of esters is 2. The number of hydrogen-bond donors (Lipinski definition) is 1. The second-order valence-corrected chi connectivity index (χ2v) is 11.2. The van der Waals surface area contributed by atoms with E-state index in [1.54, 1.807) is 25.3 Å². The van der Waals surface area contributed by atoms with Crippen molar-refractivity contribution in [2.24, 2.45) is 5.92 Å². The average Bonchev–Trinajstić information content (AvgIpc) is 3.57. The molecule has 0 unspecified atom stereocenters. The summed E-state index contributed by atoms with van der Waals surface area (Å²) in [5.74, 6) is 0.105. The minimum absolute atomic E-state index is 0.104.